The fraction of sp³-hybridized carbons (Fsp3) is 0. The van der Waals surface area contributed by atoms with Gasteiger partial charge in [0.1, 0.15) is 11.2 Å². The summed E-state index contributed by atoms with van der Waals surface area (Å²) < 4.78 is 8.88. The fourth-order valence-electron chi connectivity index (χ4n) is 7.37. The van der Waals surface area contributed by atoms with E-state index in [1.165, 1.54) is 31.3 Å². The predicted octanol–water partition coefficient (Wildman–Crippen LogP) is 14.6. The lowest BCUT2D eigenvalue weighted by molar-refractivity contribution is 0.669. The van der Waals surface area contributed by atoms with Gasteiger partial charge in [0.25, 0.3) is 0 Å². The number of nitrogens with zero attached hydrogens (tertiary/aromatic N) is 2. The van der Waals surface area contributed by atoms with Crippen molar-refractivity contribution in [3.05, 3.63) is 194 Å². The van der Waals surface area contributed by atoms with Crippen LogP contribution in [0.15, 0.2) is 199 Å². The second-order valence-electron chi connectivity index (χ2n) is 13.0. The molecule has 2 aromatic heterocycles. The minimum absolute atomic E-state index is 0.876. The minimum Gasteiger partial charge on any atom is -0.456 e. The number of fused-ring (bicyclic) bond motifs is 6. The Morgan fingerprint density at radius 3 is 1.54 bits per heavy atom. The Kier molecular flexibility index (Phi) is 7.33. The monoisotopic (exact) mass is 684 g/mol. The lowest BCUT2D eigenvalue weighted by atomic mass is 10.0. The largest absolute Gasteiger partial charge is 0.456 e. The lowest BCUT2D eigenvalue weighted by Gasteiger charge is -2.26. The van der Waals surface area contributed by atoms with Gasteiger partial charge in [-0.1, -0.05) is 103 Å². The number of thiophene rings is 1. The summed E-state index contributed by atoms with van der Waals surface area (Å²) in [6, 6.07) is 69.1. The SMILES string of the molecule is c1ccc(-c2ccc(N(c3ccc4c(c3)oc3ccccc34)c3ccc4sc5cc(N(c6ccccc6)c6ccccc6)ccc5c4c3)cc2)cc1. The van der Waals surface area contributed by atoms with Gasteiger partial charge in [-0.05, 0) is 96.1 Å². The maximum absolute atomic E-state index is 6.37. The molecule has 0 spiro atoms. The molecule has 0 radical (unpaired) electrons. The van der Waals surface area contributed by atoms with Gasteiger partial charge in [0.15, 0.2) is 0 Å². The van der Waals surface area contributed by atoms with Crippen LogP contribution in [0, 0.1) is 0 Å². The van der Waals surface area contributed by atoms with Crippen LogP contribution in [0.5, 0.6) is 0 Å². The van der Waals surface area contributed by atoms with Crippen LogP contribution in [0.2, 0.25) is 0 Å². The molecule has 0 aliphatic rings. The van der Waals surface area contributed by atoms with E-state index < -0.39 is 0 Å². The van der Waals surface area contributed by atoms with Crippen LogP contribution in [0.4, 0.5) is 34.1 Å². The number of para-hydroxylation sites is 3. The van der Waals surface area contributed by atoms with E-state index in [1.807, 2.05) is 23.5 Å². The number of furan rings is 1. The summed E-state index contributed by atoms with van der Waals surface area (Å²) in [5, 5.41) is 4.74. The third-order valence-corrected chi connectivity index (χ3v) is 11.0. The van der Waals surface area contributed by atoms with Crippen LogP contribution in [0.1, 0.15) is 0 Å². The molecule has 52 heavy (non-hydrogen) atoms. The molecule has 0 aliphatic carbocycles. The predicted molar refractivity (Wildman–Crippen MR) is 221 cm³/mol. The molecule has 4 heteroatoms. The highest BCUT2D eigenvalue weighted by Gasteiger charge is 2.19. The van der Waals surface area contributed by atoms with Crippen molar-refractivity contribution in [1.82, 2.24) is 0 Å². The smallest absolute Gasteiger partial charge is 0.137 e. The molecule has 3 nitrogen and oxygen atoms in total. The molecule has 0 fully saturated rings. The molecular formula is C48H32N2OS. The van der Waals surface area contributed by atoms with E-state index in [1.54, 1.807) is 0 Å². The van der Waals surface area contributed by atoms with E-state index in [9.17, 15) is 0 Å². The zero-order chi connectivity index (χ0) is 34.4. The van der Waals surface area contributed by atoms with Crippen molar-refractivity contribution >= 4 is 87.6 Å². The first-order valence-corrected chi connectivity index (χ1v) is 18.3. The van der Waals surface area contributed by atoms with Crippen LogP contribution in [-0.4, -0.2) is 0 Å². The number of benzene rings is 8. The Labute approximate surface area is 305 Å². The van der Waals surface area contributed by atoms with Gasteiger partial charge in [0.05, 0.1) is 0 Å². The van der Waals surface area contributed by atoms with Crippen LogP contribution in [0.3, 0.4) is 0 Å². The number of hydrogen-bond donors (Lipinski definition) is 0. The van der Waals surface area contributed by atoms with Crippen LogP contribution in [0.25, 0.3) is 53.2 Å². The van der Waals surface area contributed by atoms with Gasteiger partial charge in [0, 0.05) is 71.1 Å². The van der Waals surface area contributed by atoms with Crippen molar-refractivity contribution in [2.45, 2.75) is 0 Å². The molecule has 0 unspecified atom stereocenters. The van der Waals surface area contributed by atoms with E-state index in [0.717, 1.165) is 56.1 Å². The molecule has 10 aromatic rings. The summed E-state index contributed by atoms with van der Waals surface area (Å²) in [5.41, 5.74) is 10.8. The first-order valence-electron chi connectivity index (χ1n) is 17.5. The molecule has 8 aromatic carbocycles. The molecule has 246 valence electrons. The highest BCUT2D eigenvalue weighted by Crippen LogP contribution is 2.44. The third-order valence-electron chi connectivity index (χ3n) is 9.84. The summed E-state index contributed by atoms with van der Waals surface area (Å²) in [6.07, 6.45) is 0. The van der Waals surface area contributed by atoms with E-state index in [0.29, 0.717) is 0 Å². The minimum atomic E-state index is 0.876. The second kappa shape index (κ2) is 12.6. The molecule has 0 aliphatic heterocycles. The van der Waals surface area contributed by atoms with Crippen molar-refractivity contribution in [3.63, 3.8) is 0 Å². The maximum Gasteiger partial charge on any atom is 0.137 e. The van der Waals surface area contributed by atoms with Gasteiger partial charge in [-0.15, -0.1) is 11.3 Å². The first-order chi connectivity index (χ1) is 25.8. The zero-order valence-electron chi connectivity index (χ0n) is 28.2. The molecule has 0 atom stereocenters. The standard InChI is InChI=1S/C48H32N2OS/c1-4-12-33(13-5-1)34-20-22-37(23-21-34)50(39-24-27-42-41-18-10-11-19-45(41)51-46(42)31-39)38-26-29-47-44(30-38)43-28-25-40(32-48(43)52-47)49(35-14-6-2-7-15-35)36-16-8-3-9-17-36/h1-32H. The number of rotatable bonds is 7. The Bertz CT molecular complexity index is 2800. The molecule has 0 bridgehead atoms. The van der Waals surface area contributed by atoms with E-state index >= 15 is 0 Å². The quantitative estimate of drug-likeness (QED) is 0.167. The number of hydrogen-bond acceptors (Lipinski definition) is 4. The highest BCUT2D eigenvalue weighted by atomic mass is 32.1. The third kappa shape index (κ3) is 5.29. The zero-order valence-corrected chi connectivity index (χ0v) is 29.0. The van der Waals surface area contributed by atoms with Gasteiger partial charge in [-0.2, -0.15) is 0 Å². The van der Waals surface area contributed by atoms with Crippen molar-refractivity contribution in [2.75, 3.05) is 9.80 Å². The van der Waals surface area contributed by atoms with Gasteiger partial charge >= 0.3 is 0 Å². The molecule has 0 saturated carbocycles. The van der Waals surface area contributed by atoms with Gasteiger partial charge in [-0.25, -0.2) is 0 Å². The molecule has 0 N–H and O–H groups in total. The second-order valence-corrected chi connectivity index (χ2v) is 14.1. The highest BCUT2D eigenvalue weighted by molar-refractivity contribution is 7.25. The Morgan fingerprint density at radius 1 is 0.308 bits per heavy atom. The van der Waals surface area contributed by atoms with Crippen LogP contribution < -0.4 is 9.80 Å². The van der Waals surface area contributed by atoms with Crippen LogP contribution >= 0.6 is 11.3 Å². The Hall–Kier alpha value is -6.62. The average molecular weight is 685 g/mol. The van der Waals surface area contributed by atoms with E-state index in [4.69, 9.17) is 4.42 Å². The molecular weight excluding hydrogens is 653 g/mol. The summed E-state index contributed by atoms with van der Waals surface area (Å²) in [5.74, 6) is 0. The lowest BCUT2D eigenvalue weighted by Crippen LogP contribution is -2.09. The summed E-state index contributed by atoms with van der Waals surface area (Å²) in [4.78, 5) is 4.66. The van der Waals surface area contributed by atoms with Gasteiger partial charge < -0.3 is 14.2 Å². The maximum atomic E-state index is 6.37. The van der Waals surface area contributed by atoms with Crippen molar-refractivity contribution in [1.29, 1.82) is 0 Å². The van der Waals surface area contributed by atoms with E-state index in [2.05, 4.69) is 192 Å². The van der Waals surface area contributed by atoms with Crippen LogP contribution in [-0.2, 0) is 0 Å². The number of anilines is 6. The van der Waals surface area contributed by atoms with Gasteiger partial charge in [0.2, 0.25) is 0 Å². The molecule has 10 rings (SSSR count). The Morgan fingerprint density at radius 2 is 0.808 bits per heavy atom. The van der Waals surface area contributed by atoms with Crippen molar-refractivity contribution in [3.8, 4) is 11.1 Å². The van der Waals surface area contributed by atoms with Crippen molar-refractivity contribution < 1.29 is 4.42 Å². The normalized spacial score (nSPS) is 11.5. The topological polar surface area (TPSA) is 19.6 Å². The molecule has 2 heterocycles. The summed E-state index contributed by atoms with van der Waals surface area (Å²) >= 11 is 1.84. The fourth-order valence-corrected chi connectivity index (χ4v) is 8.49. The molecule has 0 saturated heterocycles. The van der Waals surface area contributed by atoms with Gasteiger partial charge in [-0.3, -0.25) is 0 Å². The average Bonchev–Trinajstić information content (AvgIpc) is 3.77. The summed E-state index contributed by atoms with van der Waals surface area (Å²) in [6.45, 7) is 0. The summed E-state index contributed by atoms with van der Waals surface area (Å²) in [7, 11) is 0. The first kappa shape index (κ1) is 30.2. The van der Waals surface area contributed by atoms with E-state index in [-0.39, 0.29) is 0 Å². The Balaban J connectivity index is 1.10. The van der Waals surface area contributed by atoms with Crippen molar-refractivity contribution in [2.24, 2.45) is 0 Å². The molecule has 0 amide bonds.